The van der Waals surface area contributed by atoms with Crippen molar-refractivity contribution in [2.24, 2.45) is 0 Å². The number of rotatable bonds is 5. The van der Waals surface area contributed by atoms with Crippen LogP contribution in [0.3, 0.4) is 0 Å². The van der Waals surface area contributed by atoms with E-state index in [4.69, 9.17) is 19.4 Å². The van der Waals surface area contributed by atoms with E-state index in [0.29, 0.717) is 17.5 Å². The van der Waals surface area contributed by atoms with E-state index >= 15 is 0 Å². The number of hydrogen-bond acceptors (Lipinski definition) is 4. The van der Waals surface area contributed by atoms with Crippen LogP contribution in [0.4, 0.5) is 0 Å². The summed E-state index contributed by atoms with van der Waals surface area (Å²) in [6.45, 7) is 0. The second-order valence-corrected chi connectivity index (χ2v) is 14.0. The van der Waals surface area contributed by atoms with E-state index in [1.54, 1.807) is 0 Å². The minimum atomic E-state index is 0.628. The molecule has 2 aromatic heterocycles. The van der Waals surface area contributed by atoms with Gasteiger partial charge in [0.25, 0.3) is 0 Å². The van der Waals surface area contributed by atoms with Gasteiger partial charge in [-0.05, 0) is 91.0 Å². The van der Waals surface area contributed by atoms with Crippen molar-refractivity contribution in [1.82, 2.24) is 15.0 Å². The number of hydrogen-bond donors (Lipinski definition) is 0. The Morgan fingerprint density at radius 2 is 0.818 bits per heavy atom. The molecule has 0 atom stereocenters. The molecule has 0 saturated carbocycles. The van der Waals surface area contributed by atoms with E-state index in [2.05, 4.69) is 164 Å². The molecule has 0 spiro atoms. The third-order valence-corrected chi connectivity index (χ3v) is 10.7. The predicted octanol–water partition coefficient (Wildman–Crippen LogP) is 13.6. The molecule has 0 unspecified atom stereocenters. The molecule has 0 radical (unpaired) electrons. The molecule has 4 heteroatoms. The van der Waals surface area contributed by atoms with E-state index < -0.39 is 0 Å². The van der Waals surface area contributed by atoms with Gasteiger partial charge in [0.1, 0.15) is 11.2 Å². The quantitative estimate of drug-likeness (QED) is 0.168. The second-order valence-electron chi connectivity index (χ2n) is 14.0. The van der Waals surface area contributed by atoms with Crippen molar-refractivity contribution >= 4 is 54.3 Å². The smallest absolute Gasteiger partial charge is 0.164 e. The van der Waals surface area contributed by atoms with Gasteiger partial charge < -0.3 is 4.42 Å². The van der Waals surface area contributed by atoms with Crippen LogP contribution in [0.2, 0.25) is 0 Å². The molecular weight excluding hydrogens is 671 g/mol. The lowest BCUT2D eigenvalue weighted by atomic mass is 9.96. The summed E-state index contributed by atoms with van der Waals surface area (Å²) in [5, 5.41) is 9.27. The van der Waals surface area contributed by atoms with Crippen LogP contribution in [-0.2, 0) is 0 Å². The first kappa shape index (κ1) is 31.1. The summed E-state index contributed by atoms with van der Waals surface area (Å²) in [6.07, 6.45) is 0. The molecule has 0 N–H and O–H groups in total. The number of benzene rings is 9. The lowest BCUT2D eigenvalue weighted by molar-refractivity contribution is 0.669. The van der Waals surface area contributed by atoms with Gasteiger partial charge in [0.15, 0.2) is 17.5 Å². The van der Waals surface area contributed by atoms with Gasteiger partial charge in [-0.3, -0.25) is 0 Å². The molecule has 55 heavy (non-hydrogen) atoms. The van der Waals surface area contributed by atoms with Gasteiger partial charge in [-0.25, -0.2) is 15.0 Å². The third-order valence-electron chi connectivity index (χ3n) is 10.7. The monoisotopic (exact) mass is 701 g/mol. The first-order valence-electron chi connectivity index (χ1n) is 18.5. The maximum Gasteiger partial charge on any atom is 0.164 e. The van der Waals surface area contributed by atoms with Crippen molar-refractivity contribution in [3.63, 3.8) is 0 Å². The van der Waals surface area contributed by atoms with Crippen LogP contribution >= 0.6 is 0 Å². The molecule has 0 aliphatic carbocycles. The summed E-state index contributed by atoms with van der Waals surface area (Å²) in [5.41, 5.74) is 9.15. The zero-order chi connectivity index (χ0) is 36.3. The Kier molecular flexibility index (Phi) is 7.14. The Labute approximate surface area is 317 Å². The highest BCUT2D eigenvalue weighted by Crippen LogP contribution is 2.38. The first-order chi connectivity index (χ1) is 27.2. The fourth-order valence-corrected chi connectivity index (χ4v) is 7.94. The molecule has 2 heterocycles. The Balaban J connectivity index is 1.05. The summed E-state index contributed by atoms with van der Waals surface area (Å²) in [7, 11) is 0. The standard InChI is InChI=1S/C51H31N3O/c1-2-10-32(11-3-1)35-13-8-14-39(29-35)49-52-50(54-51(53-49)41-26-22-34-21-20-33-12-4-5-15-42(33)45(34)31-41)40-27-24-36-28-38(25-23-37(36)30-40)43-17-9-19-47-48(43)44-16-6-7-18-46(44)55-47/h1-31H. The highest BCUT2D eigenvalue weighted by Gasteiger charge is 2.16. The van der Waals surface area contributed by atoms with Crippen LogP contribution in [0.25, 0.3) is 111 Å². The van der Waals surface area contributed by atoms with E-state index in [1.807, 2.05) is 24.3 Å². The van der Waals surface area contributed by atoms with Gasteiger partial charge in [0.05, 0.1) is 0 Å². The average Bonchev–Trinajstić information content (AvgIpc) is 3.65. The van der Waals surface area contributed by atoms with Gasteiger partial charge in [-0.2, -0.15) is 0 Å². The van der Waals surface area contributed by atoms with Crippen LogP contribution in [0, 0.1) is 0 Å². The molecule has 0 aliphatic rings. The number of furan rings is 1. The molecule has 11 aromatic rings. The topological polar surface area (TPSA) is 51.8 Å². The van der Waals surface area contributed by atoms with Gasteiger partial charge >= 0.3 is 0 Å². The van der Waals surface area contributed by atoms with Crippen LogP contribution in [0.5, 0.6) is 0 Å². The maximum atomic E-state index is 6.20. The Hall–Kier alpha value is -7.43. The van der Waals surface area contributed by atoms with Crippen molar-refractivity contribution in [2.75, 3.05) is 0 Å². The number of fused-ring (bicyclic) bond motifs is 7. The first-order valence-corrected chi connectivity index (χ1v) is 18.5. The van der Waals surface area contributed by atoms with Crippen molar-refractivity contribution in [3.8, 4) is 56.4 Å². The van der Waals surface area contributed by atoms with E-state index in [-0.39, 0.29) is 0 Å². The van der Waals surface area contributed by atoms with E-state index in [0.717, 1.165) is 71.7 Å². The zero-order valence-corrected chi connectivity index (χ0v) is 29.6. The Morgan fingerprint density at radius 3 is 1.62 bits per heavy atom. The van der Waals surface area contributed by atoms with Crippen molar-refractivity contribution in [3.05, 3.63) is 188 Å². The van der Waals surface area contributed by atoms with Crippen molar-refractivity contribution < 1.29 is 4.42 Å². The van der Waals surface area contributed by atoms with Crippen LogP contribution in [-0.4, -0.2) is 15.0 Å². The van der Waals surface area contributed by atoms with Crippen LogP contribution < -0.4 is 0 Å². The van der Waals surface area contributed by atoms with Gasteiger partial charge in [0.2, 0.25) is 0 Å². The second kappa shape index (κ2) is 12.6. The van der Waals surface area contributed by atoms with Crippen molar-refractivity contribution in [2.45, 2.75) is 0 Å². The highest BCUT2D eigenvalue weighted by atomic mass is 16.3. The molecular formula is C51H31N3O. The maximum absolute atomic E-state index is 6.20. The predicted molar refractivity (Wildman–Crippen MR) is 227 cm³/mol. The van der Waals surface area contributed by atoms with Crippen molar-refractivity contribution in [1.29, 1.82) is 0 Å². The average molecular weight is 702 g/mol. The Morgan fingerprint density at radius 1 is 0.291 bits per heavy atom. The molecule has 0 aliphatic heterocycles. The summed E-state index contributed by atoms with van der Waals surface area (Å²) >= 11 is 0. The molecule has 0 amide bonds. The Bertz CT molecular complexity index is 3270. The van der Waals surface area contributed by atoms with E-state index in [9.17, 15) is 0 Å². The third kappa shape index (κ3) is 5.43. The molecule has 4 nitrogen and oxygen atoms in total. The van der Waals surface area contributed by atoms with E-state index in [1.165, 1.54) is 21.5 Å². The molecule has 9 aromatic carbocycles. The fourth-order valence-electron chi connectivity index (χ4n) is 7.94. The van der Waals surface area contributed by atoms with Gasteiger partial charge in [0, 0.05) is 27.5 Å². The zero-order valence-electron chi connectivity index (χ0n) is 29.6. The number of nitrogens with zero attached hydrogens (tertiary/aromatic N) is 3. The van der Waals surface area contributed by atoms with Gasteiger partial charge in [-0.15, -0.1) is 0 Å². The molecule has 0 saturated heterocycles. The lowest BCUT2D eigenvalue weighted by Gasteiger charge is -2.12. The number of aromatic nitrogens is 3. The normalized spacial score (nSPS) is 11.6. The molecule has 11 rings (SSSR count). The minimum absolute atomic E-state index is 0.628. The number of para-hydroxylation sites is 1. The molecule has 0 bridgehead atoms. The largest absolute Gasteiger partial charge is 0.456 e. The SMILES string of the molecule is c1ccc(-c2cccc(-c3nc(-c4ccc5cc(-c6cccc7oc8ccccc8c67)ccc5c4)nc(-c4ccc5ccc6ccccc6c5c4)n3)c2)cc1. The van der Waals surface area contributed by atoms with Crippen LogP contribution in [0.1, 0.15) is 0 Å². The summed E-state index contributed by atoms with van der Waals surface area (Å²) < 4.78 is 6.20. The highest BCUT2D eigenvalue weighted by molar-refractivity contribution is 6.13. The minimum Gasteiger partial charge on any atom is -0.456 e. The summed E-state index contributed by atoms with van der Waals surface area (Å²) in [4.78, 5) is 15.4. The summed E-state index contributed by atoms with van der Waals surface area (Å²) in [5.74, 6) is 1.89. The molecule has 256 valence electrons. The molecule has 0 fully saturated rings. The van der Waals surface area contributed by atoms with Crippen LogP contribution in [0.15, 0.2) is 192 Å². The fraction of sp³-hybridized carbons (Fsp3) is 0. The lowest BCUT2D eigenvalue weighted by Crippen LogP contribution is -2.00. The summed E-state index contributed by atoms with van der Waals surface area (Å²) in [6, 6.07) is 65.9. The van der Waals surface area contributed by atoms with Gasteiger partial charge in [-0.1, -0.05) is 152 Å².